The van der Waals surface area contributed by atoms with Crippen molar-refractivity contribution in [3.05, 3.63) is 64.3 Å². The Balaban J connectivity index is 1.55. The zero-order valence-corrected chi connectivity index (χ0v) is 16.2. The molecule has 0 radical (unpaired) electrons. The Hall–Kier alpha value is -2.83. The molecule has 1 atom stereocenters. The Bertz CT molecular complexity index is 1060. The lowest BCUT2D eigenvalue weighted by Gasteiger charge is -2.25. The van der Waals surface area contributed by atoms with Crippen molar-refractivity contribution >= 4 is 40.1 Å². The molecule has 2 aromatic carbocycles. The van der Waals surface area contributed by atoms with Gasteiger partial charge in [-0.05, 0) is 23.8 Å². The monoisotopic (exact) mass is 398 g/mol. The van der Waals surface area contributed by atoms with Crippen LogP contribution in [0, 0.1) is 0 Å². The molecule has 1 aromatic heterocycles. The van der Waals surface area contributed by atoms with Crippen LogP contribution < -0.4 is 10.2 Å². The number of hydrogen-bond donors (Lipinski definition) is 3. The van der Waals surface area contributed by atoms with Crippen molar-refractivity contribution in [1.29, 1.82) is 0 Å². The van der Waals surface area contributed by atoms with E-state index in [1.807, 2.05) is 12.1 Å². The maximum absolute atomic E-state index is 12.8. The first-order valence-electron chi connectivity index (χ1n) is 9.15. The minimum absolute atomic E-state index is 0.152. The number of H-pyrrole nitrogens is 1. The van der Waals surface area contributed by atoms with Gasteiger partial charge in [-0.2, -0.15) is 0 Å². The van der Waals surface area contributed by atoms with Gasteiger partial charge in [-0.25, -0.2) is 4.79 Å². The van der Waals surface area contributed by atoms with Crippen molar-refractivity contribution in [2.45, 2.75) is 13.0 Å². The summed E-state index contributed by atoms with van der Waals surface area (Å²) in [4.78, 5) is 29.1. The molecule has 4 rings (SSSR count). The van der Waals surface area contributed by atoms with E-state index in [0.717, 1.165) is 19.5 Å². The summed E-state index contributed by atoms with van der Waals surface area (Å²) in [6.07, 6.45) is 0.953. The van der Waals surface area contributed by atoms with Crippen molar-refractivity contribution < 1.29 is 19.2 Å². The third-order valence-corrected chi connectivity index (χ3v) is 5.37. The maximum Gasteiger partial charge on any atom is 0.356 e. The Morgan fingerprint density at radius 1 is 1.21 bits per heavy atom. The molecular weight excluding hydrogens is 378 g/mol. The molecule has 0 fully saturated rings. The van der Waals surface area contributed by atoms with E-state index in [4.69, 9.17) is 16.3 Å². The molecule has 0 aliphatic carbocycles. The first kappa shape index (κ1) is 18.5. The second-order valence-corrected chi connectivity index (χ2v) is 7.41. The van der Waals surface area contributed by atoms with Gasteiger partial charge in [-0.15, -0.1) is 0 Å². The second-order valence-electron chi connectivity index (χ2n) is 6.98. The van der Waals surface area contributed by atoms with Crippen molar-refractivity contribution in [3.63, 3.8) is 0 Å². The Morgan fingerprint density at radius 3 is 2.79 bits per heavy atom. The largest absolute Gasteiger partial charge is 0.464 e. The van der Waals surface area contributed by atoms with E-state index in [-0.39, 0.29) is 11.6 Å². The molecular formula is C21H21ClN3O3+. The van der Waals surface area contributed by atoms with Gasteiger partial charge in [0.05, 0.1) is 19.3 Å². The summed E-state index contributed by atoms with van der Waals surface area (Å²) in [5.74, 6) is -0.692. The average molecular weight is 399 g/mol. The van der Waals surface area contributed by atoms with E-state index < -0.39 is 5.97 Å². The number of rotatable bonds is 4. The van der Waals surface area contributed by atoms with Crippen LogP contribution in [0.25, 0.3) is 10.9 Å². The van der Waals surface area contributed by atoms with Crippen LogP contribution in [0.4, 0.5) is 5.69 Å². The van der Waals surface area contributed by atoms with Crippen LogP contribution in [0.5, 0.6) is 0 Å². The standard InChI is InChI=1S/C21H20ClN3O3/c1-28-21(27)20-19(16-10-15(22)6-7-17(16)23-20)24-18(26)12-25-9-8-13-4-2-3-5-14(13)11-25/h2-7,10,23H,8-9,11-12H2,1H3,(H,24,26)/p+1. The van der Waals surface area contributed by atoms with Crippen molar-refractivity contribution in [3.8, 4) is 0 Å². The molecule has 0 saturated carbocycles. The second kappa shape index (κ2) is 7.66. The molecule has 0 spiro atoms. The summed E-state index contributed by atoms with van der Waals surface area (Å²) < 4.78 is 4.85. The fourth-order valence-corrected chi connectivity index (χ4v) is 3.93. The number of carbonyl (C=O) groups excluding carboxylic acids is 2. The molecule has 1 amide bonds. The zero-order chi connectivity index (χ0) is 19.7. The maximum atomic E-state index is 12.8. The van der Waals surface area contributed by atoms with Gasteiger partial charge < -0.3 is 19.9 Å². The van der Waals surface area contributed by atoms with Crippen molar-refractivity contribution in [1.82, 2.24) is 4.98 Å². The first-order chi connectivity index (χ1) is 13.5. The molecule has 0 saturated heterocycles. The summed E-state index contributed by atoms with van der Waals surface area (Å²) in [6.45, 7) is 2.03. The molecule has 6 nitrogen and oxygen atoms in total. The third-order valence-electron chi connectivity index (χ3n) is 5.13. The summed E-state index contributed by atoms with van der Waals surface area (Å²) >= 11 is 6.11. The Morgan fingerprint density at radius 2 is 2.00 bits per heavy atom. The highest BCUT2D eigenvalue weighted by Crippen LogP contribution is 2.30. The van der Waals surface area contributed by atoms with Crippen LogP contribution in [-0.2, 0) is 22.5 Å². The lowest BCUT2D eigenvalue weighted by atomic mass is 10.00. The number of methoxy groups -OCH3 is 1. The molecule has 1 aliphatic heterocycles. The number of aromatic amines is 1. The number of hydrogen-bond acceptors (Lipinski definition) is 3. The number of carbonyl (C=O) groups is 2. The molecule has 2 heterocycles. The van der Waals surface area contributed by atoms with Gasteiger partial charge in [-0.1, -0.05) is 35.9 Å². The number of fused-ring (bicyclic) bond motifs is 2. The van der Waals surface area contributed by atoms with Gasteiger partial charge in [0.15, 0.2) is 6.54 Å². The molecule has 3 aromatic rings. The van der Waals surface area contributed by atoms with E-state index in [1.54, 1.807) is 18.2 Å². The molecule has 1 aliphatic rings. The SMILES string of the molecule is COC(=O)c1[nH]c2ccc(Cl)cc2c1NC(=O)C[NH+]1CCc2ccccc2C1. The molecule has 144 valence electrons. The normalized spacial score (nSPS) is 15.9. The van der Waals surface area contributed by atoms with Crippen LogP contribution >= 0.6 is 11.6 Å². The Labute approximate surface area is 167 Å². The number of quaternary nitrogens is 1. The van der Waals surface area contributed by atoms with Crippen molar-refractivity contribution in [2.75, 3.05) is 25.5 Å². The third kappa shape index (κ3) is 3.61. The number of benzene rings is 2. The van der Waals surface area contributed by atoms with Crippen LogP contribution in [0.3, 0.4) is 0 Å². The van der Waals surface area contributed by atoms with E-state index in [9.17, 15) is 9.59 Å². The Kier molecular flexibility index (Phi) is 5.07. The van der Waals surface area contributed by atoms with Crippen molar-refractivity contribution in [2.24, 2.45) is 0 Å². The predicted molar refractivity (Wildman–Crippen MR) is 108 cm³/mol. The molecule has 1 unspecified atom stereocenters. The quantitative estimate of drug-likeness (QED) is 0.590. The minimum atomic E-state index is -0.540. The minimum Gasteiger partial charge on any atom is -0.464 e. The van der Waals surface area contributed by atoms with Crippen LogP contribution in [0.2, 0.25) is 5.02 Å². The van der Waals surface area contributed by atoms with Gasteiger partial charge in [-0.3, -0.25) is 4.79 Å². The number of esters is 1. The van der Waals surface area contributed by atoms with Gasteiger partial charge >= 0.3 is 5.97 Å². The number of halogens is 1. The summed E-state index contributed by atoms with van der Waals surface area (Å²) in [6, 6.07) is 13.6. The summed E-state index contributed by atoms with van der Waals surface area (Å²) in [5, 5.41) is 4.10. The number of aromatic nitrogens is 1. The highest BCUT2D eigenvalue weighted by molar-refractivity contribution is 6.31. The van der Waals surface area contributed by atoms with Gasteiger partial charge in [0, 0.05) is 27.9 Å². The van der Waals surface area contributed by atoms with E-state index in [1.165, 1.54) is 23.1 Å². The zero-order valence-electron chi connectivity index (χ0n) is 15.5. The van der Waals surface area contributed by atoms with Gasteiger partial charge in [0.1, 0.15) is 12.2 Å². The topological polar surface area (TPSA) is 75.6 Å². The predicted octanol–water partition coefficient (Wildman–Crippen LogP) is 2.19. The first-order valence-corrected chi connectivity index (χ1v) is 9.52. The van der Waals surface area contributed by atoms with E-state index in [0.29, 0.717) is 28.2 Å². The lowest BCUT2D eigenvalue weighted by molar-refractivity contribution is -0.907. The number of ether oxygens (including phenoxy) is 1. The van der Waals surface area contributed by atoms with Crippen LogP contribution in [0.15, 0.2) is 42.5 Å². The molecule has 0 bridgehead atoms. The molecule has 28 heavy (non-hydrogen) atoms. The number of amides is 1. The van der Waals surface area contributed by atoms with E-state index in [2.05, 4.69) is 22.4 Å². The smallest absolute Gasteiger partial charge is 0.356 e. The number of anilines is 1. The molecule has 3 N–H and O–H groups in total. The average Bonchev–Trinajstić information content (AvgIpc) is 3.04. The summed E-state index contributed by atoms with van der Waals surface area (Å²) in [7, 11) is 1.31. The number of nitrogens with one attached hydrogen (secondary N) is 3. The van der Waals surface area contributed by atoms with Gasteiger partial charge in [0.2, 0.25) is 0 Å². The van der Waals surface area contributed by atoms with Crippen LogP contribution in [0.1, 0.15) is 21.6 Å². The lowest BCUT2D eigenvalue weighted by Crippen LogP contribution is -3.12. The fraction of sp³-hybridized carbons (Fsp3) is 0.238. The highest BCUT2D eigenvalue weighted by Gasteiger charge is 2.24. The molecule has 7 heteroatoms. The summed E-state index contributed by atoms with van der Waals surface area (Å²) in [5.41, 5.74) is 3.97. The fourth-order valence-electron chi connectivity index (χ4n) is 3.75. The highest BCUT2D eigenvalue weighted by atomic mass is 35.5. The van der Waals surface area contributed by atoms with Gasteiger partial charge in [0.25, 0.3) is 5.91 Å². The van der Waals surface area contributed by atoms with Crippen LogP contribution in [-0.4, -0.2) is 37.1 Å². The van der Waals surface area contributed by atoms with E-state index >= 15 is 0 Å².